The molecule has 0 aliphatic rings. The number of fused-ring (bicyclic) bond motifs is 1. The molecule has 2 rings (SSSR count). The fourth-order valence-corrected chi connectivity index (χ4v) is 1.20. The average molecular weight is 188 g/mol. The van der Waals surface area contributed by atoms with E-state index in [1.54, 1.807) is 24.5 Å². The summed E-state index contributed by atoms with van der Waals surface area (Å²) >= 11 is 0. The lowest BCUT2D eigenvalue weighted by molar-refractivity contribution is -0.131. The Morgan fingerprint density at radius 1 is 1.29 bits per heavy atom. The Hall–Kier alpha value is -1.97. The van der Waals surface area contributed by atoms with Gasteiger partial charge in [-0.3, -0.25) is 9.78 Å². The quantitative estimate of drug-likeness (QED) is 0.503. The second-order valence-electron chi connectivity index (χ2n) is 2.77. The predicted molar refractivity (Wildman–Crippen MR) is 50.8 cm³/mol. The summed E-state index contributed by atoms with van der Waals surface area (Å²) in [4.78, 5) is 19.0. The van der Waals surface area contributed by atoms with Gasteiger partial charge in [-0.15, -0.1) is 0 Å². The van der Waals surface area contributed by atoms with Crippen LogP contribution in [0.3, 0.4) is 0 Å². The predicted octanol–water partition coefficient (Wildman–Crippen LogP) is 1.56. The Balaban J connectivity index is 2.59. The molecule has 0 amide bonds. The molecular weight excluding hydrogens is 180 g/mol. The van der Waals surface area contributed by atoms with E-state index in [1.165, 1.54) is 6.92 Å². The number of nitrogens with zero attached hydrogens (tertiary/aromatic N) is 2. The summed E-state index contributed by atoms with van der Waals surface area (Å²) in [5.41, 5.74) is 1.32. The summed E-state index contributed by atoms with van der Waals surface area (Å²) < 4.78 is 4.99. The minimum atomic E-state index is -0.358. The molecule has 2 aromatic rings. The highest BCUT2D eigenvalue weighted by Crippen LogP contribution is 2.21. The first-order chi connectivity index (χ1) is 6.77. The zero-order valence-electron chi connectivity index (χ0n) is 7.60. The van der Waals surface area contributed by atoms with Crippen LogP contribution >= 0.6 is 0 Å². The van der Waals surface area contributed by atoms with Crippen molar-refractivity contribution in [3.05, 3.63) is 30.6 Å². The number of hydrogen-bond donors (Lipinski definition) is 0. The van der Waals surface area contributed by atoms with E-state index >= 15 is 0 Å². The first kappa shape index (κ1) is 8.62. The van der Waals surface area contributed by atoms with Crippen molar-refractivity contribution in [1.82, 2.24) is 9.97 Å². The second kappa shape index (κ2) is 3.41. The van der Waals surface area contributed by atoms with Gasteiger partial charge in [-0.2, -0.15) is 0 Å². The Bertz CT molecular complexity index is 477. The van der Waals surface area contributed by atoms with Crippen molar-refractivity contribution in [3.63, 3.8) is 0 Å². The molecule has 1 heterocycles. The van der Waals surface area contributed by atoms with E-state index in [0.717, 1.165) is 0 Å². The topological polar surface area (TPSA) is 52.1 Å². The third-order valence-corrected chi connectivity index (χ3v) is 1.72. The molecule has 0 N–H and O–H groups in total. The van der Waals surface area contributed by atoms with Gasteiger partial charge in [-0.1, -0.05) is 6.07 Å². The SMILES string of the molecule is CC(=O)Oc1cccc2nccnc12. The Kier molecular flexibility index (Phi) is 2.10. The number of carbonyl (C=O) groups excluding carboxylic acids is 1. The lowest BCUT2D eigenvalue weighted by Crippen LogP contribution is -2.02. The van der Waals surface area contributed by atoms with Crippen LogP contribution in [0.25, 0.3) is 11.0 Å². The molecule has 1 aromatic heterocycles. The fraction of sp³-hybridized carbons (Fsp3) is 0.100. The van der Waals surface area contributed by atoms with E-state index in [0.29, 0.717) is 16.8 Å². The van der Waals surface area contributed by atoms with Gasteiger partial charge in [0.05, 0.1) is 5.52 Å². The normalized spacial score (nSPS) is 10.1. The first-order valence-corrected chi connectivity index (χ1v) is 4.15. The van der Waals surface area contributed by atoms with Gasteiger partial charge in [-0.05, 0) is 12.1 Å². The second-order valence-corrected chi connectivity index (χ2v) is 2.77. The van der Waals surface area contributed by atoms with E-state index < -0.39 is 0 Å². The third kappa shape index (κ3) is 1.54. The zero-order chi connectivity index (χ0) is 9.97. The molecule has 0 aliphatic heterocycles. The monoisotopic (exact) mass is 188 g/mol. The summed E-state index contributed by atoms with van der Waals surface area (Å²) in [5.74, 6) is 0.0891. The molecule has 4 heteroatoms. The van der Waals surface area contributed by atoms with E-state index in [9.17, 15) is 4.79 Å². The highest BCUT2D eigenvalue weighted by molar-refractivity contribution is 5.83. The molecule has 0 bridgehead atoms. The molecule has 70 valence electrons. The maximum atomic E-state index is 10.8. The lowest BCUT2D eigenvalue weighted by Gasteiger charge is -2.03. The van der Waals surface area contributed by atoms with Gasteiger partial charge in [-0.25, -0.2) is 4.98 Å². The number of esters is 1. The lowest BCUT2D eigenvalue weighted by atomic mass is 10.3. The van der Waals surface area contributed by atoms with Crippen molar-refractivity contribution < 1.29 is 9.53 Å². The van der Waals surface area contributed by atoms with Crippen LogP contribution in [-0.4, -0.2) is 15.9 Å². The molecule has 4 nitrogen and oxygen atoms in total. The Labute approximate surface area is 80.6 Å². The summed E-state index contributed by atoms with van der Waals surface area (Å²) in [6, 6.07) is 5.28. The number of para-hydroxylation sites is 1. The number of ether oxygens (including phenoxy) is 1. The van der Waals surface area contributed by atoms with Crippen LogP contribution in [0.2, 0.25) is 0 Å². The van der Waals surface area contributed by atoms with Crippen LogP contribution in [0.15, 0.2) is 30.6 Å². The van der Waals surface area contributed by atoms with Crippen molar-refractivity contribution in [2.45, 2.75) is 6.92 Å². The highest BCUT2D eigenvalue weighted by Gasteiger charge is 2.04. The molecule has 0 radical (unpaired) electrons. The summed E-state index contributed by atoms with van der Waals surface area (Å²) in [7, 11) is 0. The smallest absolute Gasteiger partial charge is 0.308 e. The van der Waals surface area contributed by atoms with Crippen LogP contribution in [0.5, 0.6) is 5.75 Å². The van der Waals surface area contributed by atoms with Gasteiger partial charge < -0.3 is 4.74 Å². The van der Waals surface area contributed by atoms with Crippen LogP contribution < -0.4 is 4.74 Å². The van der Waals surface area contributed by atoms with Crippen LogP contribution in [-0.2, 0) is 4.79 Å². The average Bonchev–Trinajstić information content (AvgIpc) is 2.18. The van der Waals surface area contributed by atoms with Crippen molar-refractivity contribution in [2.24, 2.45) is 0 Å². The van der Waals surface area contributed by atoms with Crippen molar-refractivity contribution in [3.8, 4) is 5.75 Å². The van der Waals surface area contributed by atoms with Gasteiger partial charge in [0.2, 0.25) is 0 Å². The zero-order valence-corrected chi connectivity index (χ0v) is 7.60. The van der Waals surface area contributed by atoms with E-state index in [2.05, 4.69) is 9.97 Å². The molecule has 0 atom stereocenters. The van der Waals surface area contributed by atoms with Gasteiger partial charge >= 0.3 is 5.97 Å². The van der Waals surface area contributed by atoms with Crippen molar-refractivity contribution in [1.29, 1.82) is 0 Å². The highest BCUT2D eigenvalue weighted by atomic mass is 16.5. The Morgan fingerprint density at radius 2 is 2.07 bits per heavy atom. The molecular formula is C10H8N2O2. The summed E-state index contributed by atoms with van der Waals surface area (Å²) in [6.45, 7) is 1.36. The van der Waals surface area contributed by atoms with E-state index in [4.69, 9.17) is 4.74 Å². The minimum Gasteiger partial charge on any atom is -0.424 e. The Morgan fingerprint density at radius 3 is 2.86 bits per heavy atom. The van der Waals surface area contributed by atoms with Crippen molar-refractivity contribution >= 4 is 17.0 Å². The van der Waals surface area contributed by atoms with Crippen molar-refractivity contribution in [2.75, 3.05) is 0 Å². The van der Waals surface area contributed by atoms with Gasteiger partial charge in [0.25, 0.3) is 0 Å². The fourth-order valence-electron chi connectivity index (χ4n) is 1.20. The van der Waals surface area contributed by atoms with Crippen LogP contribution in [0.1, 0.15) is 6.92 Å². The molecule has 0 fully saturated rings. The summed E-state index contributed by atoms with van der Waals surface area (Å²) in [6.07, 6.45) is 3.16. The number of rotatable bonds is 1. The number of benzene rings is 1. The number of aromatic nitrogens is 2. The van der Waals surface area contributed by atoms with E-state index in [1.807, 2.05) is 6.07 Å². The minimum absolute atomic E-state index is 0.358. The maximum absolute atomic E-state index is 10.8. The van der Waals surface area contributed by atoms with Gasteiger partial charge in [0.1, 0.15) is 5.52 Å². The van der Waals surface area contributed by atoms with E-state index in [-0.39, 0.29) is 5.97 Å². The van der Waals surface area contributed by atoms with Crippen LogP contribution in [0.4, 0.5) is 0 Å². The van der Waals surface area contributed by atoms with Crippen LogP contribution in [0, 0.1) is 0 Å². The molecule has 0 saturated heterocycles. The maximum Gasteiger partial charge on any atom is 0.308 e. The first-order valence-electron chi connectivity index (χ1n) is 4.15. The molecule has 14 heavy (non-hydrogen) atoms. The van der Waals surface area contributed by atoms with Gasteiger partial charge in [0.15, 0.2) is 5.75 Å². The standard InChI is InChI=1S/C10H8N2O2/c1-7(13)14-9-4-2-3-8-10(9)12-6-5-11-8/h2-6H,1H3. The number of hydrogen-bond acceptors (Lipinski definition) is 4. The molecule has 0 spiro atoms. The molecule has 0 unspecified atom stereocenters. The number of carbonyl (C=O) groups is 1. The largest absolute Gasteiger partial charge is 0.424 e. The molecule has 1 aromatic carbocycles. The molecule has 0 aliphatic carbocycles. The van der Waals surface area contributed by atoms with Gasteiger partial charge in [0, 0.05) is 19.3 Å². The third-order valence-electron chi connectivity index (χ3n) is 1.72. The molecule has 0 saturated carbocycles. The summed E-state index contributed by atoms with van der Waals surface area (Å²) in [5, 5.41) is 0.